The van der Waals surface area contributed by atoms with Crippen LogP contribution in [0.1, 0.15) is 96.0 Å². The van der Waals surface area contributed by atoms with Gasteiger partial charge in [-0.25, -0.2) is 0 Å². The molecule has 0 saturated heterocycles. The fraction of sp³-hybridized carbons (Fsp3) is 0.708. The molecule has 1 amide bonds. The molecule has 1 N–H and O–H groups in total. The number of unbranched alkanes of at least 4 members (excludes halogenated alkanes) is 1. The number of hydrogen-bond acceptors (Lipinski definition) is 1. The largest absolute Gasteiger partial charge is 0.326 e. The maximum absolute atomic E-state index is 11.1. The molecule has 2 heteroatoms. The summed E-state index contributed by atoms with van der Waals surface area (Å²) in [6, 6.07) is 8.55. The first-order valence-electron chi connectivity index (χ1n) is 11.0. The van der Waals surface area contributed by atoms with Gasteiger partial charge in [-0.1, -0.05) is 51.2 Å². The Hall–Kier alpha value is -1.31. The maximum atomic E-state index is 11.1. The molecule has 2 aliphatic rings. The Morgan fingerprint density at radius 2 is 1.50 bits per heavy atom. The predicted molar refractivity (Wildman–Crippen MR) is 110 cm³/mol. The molecule has 0 spiro atoms. The molecule has 2 saturated carbocycles. The van der Waals surface area contributed by atoms with E-state index in [1.54, 1.807) is 6.92 Å². The topological polar surface area (TPSA) is 29.1 Å². The molecular formula is C24H37NO. The van der Waals surface area contributed by atoms with Gasteiger partial charge in [0.2, 0.25) is 5.91 Å². The van der Waals surface area contributed by atoms with Gasteiger partial charge in [-0.2, -0.15) is 0 Å². The zero-order valence-electron chi connectivity index (χ0n) is 16.8. The minimum absolute atomic E-state index is 0.00248. The average molecular weight is 356 g/mol. The van der Waals surface area contributed by atoms with E-state index in [2.05, 4.69) is 36.5 Å². The molecule has 0 radical (unpaired) electrons. The summed E-state index contributed by atoms with van der Waals surface area (Å²) in [6.45, 7) is 3.88. The highest BCUT2D eigenvalue weighted by Crippen LogP contribution is 2.44. The number of carbonyl (C=O) groups is 1. The Morgan fingerprint density at radius 3 is 2.04 bits per heavy atom. The molecule has 144 valence electrons. The van der Waals surface area contributed by atoms with E-state index < -0.39 is 0 Å². The molecule has 3 rings (SSSR count). The molecule has 2 fully saturated rings. The van der Waals surface area contributed by atoms with Crippen molar-refractivity contribution in [1.82, 2.24) is 0 Å². The first kappa shape index (κ1) is 19.5. The lowest BCUT2D eigenvalue weighted by molar-refractivity contribution is -0.114. The standard InChI is InChI=1S/C24H37NO/c1-3-4-5-19-6-8-20(9-7-19)21-10-12-22(13-11-21)23-14-16-24(17-15-23)25-18(2)26/h14-17,19-22H,3-13H2,1-2H3,(H,25,26). The lowest BCUT2D eigenvalue weighted by Crippen LogP contribution is -2.25. The van der Waals surface area contributed by atoms with Crippen molar-refractivity contribution in [3.05, 3.63) is 29.8 Å². The van der Waals surface area contributed by atoms with Crippen molar-refractivity contribution in [1.29, 1.82) is 0 Å². The number of rotatable bonds is 6. The van der Waals surface area contributed by atoms with E-state index in [0.29, 0.717) is 0 Å². The van der Waals surface area contributed by atoms with Crippen molar-refractivity contribution in [3.8, 4) is 0 Å². The normalized spacial score (nSPS) is 29.3. The second kappa shape index (κ2) is 9.58. The fourth-order valence-electron chi connectivity index (χ4n) is 5.41. The Balaban J connectivity index is 1.44. The molecule has 0 heterocycles. The van der Waals surface area contributed by atoms with Crippen LogP contribution in [-0.4, -0.2) is 5.91 Å². The van der Waals surface area contributed by atoms with Gasteiger partial charge in [0.25, 0.3) is 0 Å². The third kappa shape index (κ3) is 5.34. The van der Waals surface area contributed by atoms with Crippen LogP contribution in [0.5, 0.6) is 0 Å². The van der Waals surface area contributed by atoms with Gasteiger partial charge in [-0.3, -0.25) is 4.79 Å². The maximum Gasteiger partial charge on any atom is 0.221 e. The van der Waals surface area contributed by atoms with E-state index in [4.69, 9.17) is 0 Å². The molecule has 26 heavy (non-hydrogen) atoms. The van der Waals surface area contributed by atoms with Crippen molar-refractivity contribution >= 4 is 11.6 Å². The van der Waals surface area contributed by atoms with Gasteiger partial charge < -0.3 is 5.32 Å². The number of nitrogens with one attached hydrogen (secondary N) is 1. The minimum Gasteiger partial charge on any atom is -0.326 e. The zero-order valence-corrected chi connectivity index (χ0v) is 16.8. The highest BCUT2D eigenvalue weighted by molar-refractivity contribution is 5.88. The van der Waals surface area contributed by atoms with Crippen molar-refractivity contribution in [2.45, 2.75) is 90.4 Å². The molecule has 0 aliphatic heterocycles. The predicted octanol–water partition coefficient (Wildman–Crippen LogP) is 6.92. The first-order valence-corrected chi connectivity index (χ1v) is 11.0. The first-order chi connectivity index (χ1) is 12.7. The van der Waals surface area contributed by atoms with Gasteiger partial charge in [0.1, 0.15) is 0 Å². The fourth-order valence-corrected chi connectivity index (χ4v) is 5.41. The smallest absolute Gasteiger partial charge is 0.221 e. The van der Waals surface area contributed by atoms with Crippen LogP contribution in [0.15, 0.2) is 24.3 Å². The van der Waals surface area contributed by atoms with E-state index in [-0.39, 0.29) is 5.91 Å². The van der Waals surface area contributed by atoms with Gasteiger partial charge >= 0.3 is 0 Å². The Morgan fingerprint density at radius 1 is 0.923 bits per heavy atom. The quantitative estimate of drug-likeness (QED) is 0.590. The molecule has 0 unspecified atom stereocenters. The molecule has 2 aliphatic carbocycles. The number of anilines is 1. The van der Waals surface area contributed by atoms with Crippen molar-refractivity contribution in [2.24, 2.45) is 17.8 Å². The van der Waals surface area contributed by atoms with Crippen LogP contribution in [0.2, 0.25) is 0 Å². The number of amides is 1. The van der Waals surface area contributed by atoms with Gasteiger partial charge in [0.15, 0.2) is 0 Å². The molecule has 0 aromatic heterocycles. The lowest BCUT2D eigenvalue weighted by atomic mass is 9.68. The molecule has 2 nitrogen and oxygen atoms in total. The SMILES string of the molecule is CCCCC1CCC(C2CCC(c3ccc(NC(C)=O)cc3)CC2)CC1. The zero-order chi connectivity index (χ0) is 18.4. The van der Waals surface area contributed by atoms with Crippen LogP contribution in [0.25, 0.3) is 0 Å². The third-order valence-corrected chi connectivity index (χ3v) is 7.00. The van der Waals surface area contributed by atoms with E-state index in [0.717, 1.165) is 29.4 Å². The van der Waals surface area contributed by atoms with E-state index in [1.165, 1.54) is 76.2 Å². The minimum atomic E-state index is 0.00248. The van der Waals surface area contributed by atoms with E-state index >= 15 is 0 Å². The Labute approximate surface area is 160 Å². The van der Waals surface area contributed by atoms with Crippen LogP contribution in [0.4, 0.5) is 5.69 Å². The number of benzene rings is 1. The van der Waals surface area contributed by atoms with Crippen molar-refractivity contribution in [2.75, 3.05) is 5.32 Å². The summed E-state index contributed by atoms with van der Waals surface area (Å²) in [5.41, 5.74) is 2.37. The molecule has 1 aromatic carbocycles. The highest BCUT2D eigenvalue weighted by atomic mass is 16.1. The summed E-state index contributed by atoms with van der Waals surface area (Å²) in [7, 11) is 0. The summed E-state index contributed by atoms with van der Waals surface area (Å²) in [6.07, 6.45) is 15.8. The average Bonchev–Trinajstić information content (AvgIpc) is 2.67. The molecule has 0 atom stereocenters. The molecular weight excluding hydrogens is 318 g/mol. The lowest BCUT2D eigenvalue weighted by Gasteiger charge is -2.38. The van der Waals surface area contributed by atoms with Crippen LogP contribution in [0, 0.1) is 17.8 Å². The summed E-state index contributed by atoms with van der Waals surface area (Å²) in [5.74, 6) is 3.75. The second-order valence-corrected chi connectivity index (χ2v) is 8.84. The third-order valence-electron chi connectivity index (χ3n) is 7.00. The van der Waals surface area contributed by atoms with Crippen LogP contribution >= 0.6 is 0 Å². The number of hydrogen-bond donors (Lipinski definition) is 1. The van der Waals surface area contributed by atoms with Crippen LogP contribution < -0.4 is 5.32 Å². The summed E-state index contributed by atoms with van der Waals surface area (Å²) in [5, 5.41) is 2.86. The monoisotopic (exact) mass is 355 g/mol. The van der Waals surface area contributed by atoms with E-state index in [1.807, 2.05) is 0 Å². The van der Waals surface area contributed by atoms with Gasteiger partial charge in [0.05, 0.1) is 0 Å². The summed E-state index contributed by atoms with van der Waals surface area (Å²) in [4.78, 5) is 11.1. The van der Waals surface area contributed by atoms with E-state index in [9.17, 15) is 4.79 Å². The van der Waals surface area contributed by atoms with Crippen LogP contribution in [0.3, 0.4) is 0 Å². The van der Waals surface area contributed by atoms with Gasteiger partial charge in [-0.15, -0.1) is 0 Å². The van der Waals surface area contributed by atoms with Gasteiger partial charge in [0, 0.05) is 12.6 Å². The van der Waals surface area contributed by atoms with Crippen molar-refractivity contribution in [3.63, 3.8) is 0 Å². The summed E-state index contributed by atoms with van der Waals surface area (Å²) >= 11 is 0. The highest BCUT2D eigenvalue weighted by Gasteiger charge is 2.31. The second-order valence-electron chi connectivity index (χ2n) is 8.84. The molecule has 0 bridgehead atoms. The Kier molecular flexibility index (Phi) is 7.16. The van der Waals surface area contributed by atoms with Gasteiger partial charge in [-0.05, 0) is 79.9 Å². The van der Waals surface area contributed by atoms with Crippen molar-refractivity contribution < 1.29 is 4.79 Å². The molecule has 1 aromatic rings. The summed E-state index contributed by atoms with van der Waals surface area (Å²) < 4.78 is 0. The Bertz CT molecular complexity index is 548. The van der Waals surface area contributed by atoms with Crippen LogP contribution in [-0.2, 0) is 4.79 Å². The number of carbonyl (C=O) groups excluding carboxylic acids is 1.